The number of fused-ring (bicyclic) bond motifs is 3. The lowest BCUT2D eigenvalue weighted by atomic mass is 9.99. The molecule has 0 aliphatic carbocycles. The fourth-order valence-corrected chi connectivity index (χ4v) is 8.36. The van der Waals surface area contributed by atoms with E-state index in [0.29, 0.717) is 53.7 Å². The summed E-state index contributed by atoms with van der Waals surface area (Å²) in [5.74, 6) is 2.01. The van der Waals surface area contributed by atoms with Crippen LogP contribution in [0.5, 0.6) is 11.5 Å². The summed E-state index contributed by atoms with van der Waals surface area (Å²) in [4.78, 5) is 16.9. The number of piperidine rings is 1. The monoisotopic (exact) mass is 696 g/mol. The van der Waals surface area contributed by atoms with Gasteiger partial charge in [-0.15, -0.1) is 0 Å². The Bertz CT molecular complexity index is 1790. The number of nitrogens with one attached hydrogen (secondary N) is 2. The Kier molecular flexibility index (Phi) is 8.99. The van der Waals surface area contributed by atoms with Crippen molar-refractivity contribution in [2.24, 2.45) is 0 Å². The molecule has 2 atom stereocenters. The maximum atomic E-state index is 12.5. The SMILES string of the molecule is COc1cc(N2CCC(N3C[C@H]4CC[C@@H](C3)N4C)CC2)c(C)cc1Nc1ncc(Cl)c(Nc2cc3c(cc2N(C)S(C)(=O)=O)CCO3)n1. The Hall–Kier alpha value is -3.52. The molecule has 3 fully saturated rings. The number of hydrogen-bond donors (Lipinski definition) is 2. The van der Waals surface area contributed by atoms with Gasteiger partial charge in [0.15, 0.2) is 5.82 Å². The van der Waals surface area contributed by atoms with E-state index >= 15 is 0 Å². The van der Waals surface area contributed by atoms with Crippen LogP contribution >= 0.6 is 11.6 Å². The highest BCUT2D eigenvalue weighted by Crippen LogP contribution is 2.41. The molecule has 4 aliphatic heterocycles. The van der Waals surface area contributed by atoms with Gasteiger partial charge >= 0.3 is 0 Å². The van der Waals surface area contributed by atoms with E-state index < -0.39 is 10.0 Å². The minimum atomic E-state index is -3.53. The molecule has 5 heterocycles. The van der Waals surface area contributed by atoms with Crippen molar-refractivity contribution in [1.29, 1.82) is 0 Å². The van der Waals surface area contributed by atoms with E-state index in [-0.39, 0.29) is 5.02 Å². The van der Waals surface area contributed by atoms with E-state index in [0.717, 1.165) is 54.8 Å². The number of rotatable bonds is 9. The third-order valence-electron chi connectivity index (χ3n) is 10.6. The fraction of sp³-hybridized carbons (Fsp3) is 0.529. The van der Waals surface area contributed by atoms with E-state index in [1.165, 1.54) is 55.4 Å². The maximum absolute atomic E-state index is 12.5. The molecule has 12 nitrogen and oxygen atoms in total. The highest BCUT2D eigenvalue weighted by molar-refractivity contribution is 7.92. The molecule has 2 aromatic carbocycles. The zero-order valence-electron chi connectivity index (χ0n) is 28.3. The van der Waals surface area contributed by atoms with Gasteiger partial charge < -0.3 is 25.0 Å². The van der Waals surface area contributed by atoms with Crippen LogP contribution < -0.4 is 29.3 Å². The Balaban J connectivity index is 1.07. The Morgan fingerprint density at radius 3 is 2.44 bits per heavy atom. The van der Waals surface area contributed by atoms with Crippen molar-refractivity contribution in [3.63, 3.8) is 0 Å². The van der Waals surface area contributed by atoms with Crippen LogP contribution in [0.3, 0.4) is 0 Å². The molecule has 48 heavy (non-hydrogen) atoms. The van der Waals surface area contributed by atoms with E-state index in [4.69, 9.17) is 21.1 Å². The first-order valence-corrected chi connectivity index (χ1v) is 18.9. The average Bonchev–Trinajstić information content (AvgIpc) is 3.58. The van der Waals surface area contributed by atoms with Crippen molar-refractivity contribution in [1.82, 2.24) is 19.8 Å². The Labute approximate surface area is 288 Å². The molecule has 0 unspecified atom stereocenters. The quantitative estimate of drug-likeness (QED) is 0.315. The normalized spacial score (nSPS) is 21.6. The van der Waals surface area contributed by atoms with Gasteiger partial charge in [0.25, 0.3) is 0 Å². The van der Waals surface area contributed by atoms with E-state index in [1.807, 2.05) is 6.07 Å². The summed E-state index contributed by atoms with van der Waals surface area (Å²) < 4.78 is 37.8. The van der Waals surface area contributed by atoms with Crippen LogP contribution in [0.2, 0.25) is 5.02 Å². The minimum Gasteiger partial charge on any atom is -0.494 e. The van der Waals surface area contributed by atoms with Crippen LogP contribution in [-0.4, -0.2) is 107 Å². The van der Waals surface area contributed by atoms with E-state index in [9.17, 15) is 8.42 Å². The van der Waals surface area contributed by atoms with Gasteiger partial charge in [-0.25, -0.2) is 13.4 Å². The van der Waals surface area contributed by atoms with Gasteiger partial charge in [-0.3, -0.25) is 14.1 Å². The molecular weight excluding hydrogens is 652 g/mol. The number of sulfonamides is 1. The van der Waals surface area contributed by atoms with Crippen LogP contribution in [0.25, 0.3) is 0 Å². The van der Waals surface area contributed by atoms with Crippen LogP contribution in [-0.2, 0) is 16.4 Å². The number of hydrogen-bond acceptors (Lipinski definition) is 11. The van der Waals surface area contributed by atoms with Gasteiger partial charge in [-0.05, 0) is 62.9 Å². The summed E-state index contributed by atoms with van der Waals surface area (Å²) in [7, 11) is 1.95. The summed E-state index contributed by atoms with van der Waals surface area (Å²) in [6, 6.07) is 9.87. The van der Waals surface area contributed by atoms with Gasteiger partial charge in [0.1, 0.15) is 16.5 Å². The molecule has 4 aliphatic rings. The van der Waals surface area contributed by atoms with Crippen molar-refractivity contribution >= 4 is 56.1 Å². The van der Waals surface area contributed by atoms with E-state index in [1.54, 1.807) is 13.2 Å². The number of ether oxygens (including phenoxy) is 2. The van der Waals surface area contributed by atoms with Crippen molar-refractivity contribution in [3.05, 3.63) is 46.6 Å². The van der Waals surface area contributed by atoms with Crippen molar-refractivity contribution in [3.8, 4) is 11.5 Å². The van der Waals surface area contributed by atoms with Crippen LogP contribution in [0.1, 0.15) is 36.8 Å². The lowest BCUT2D eigenvalue weighted by Crippen LogP contribution is -2.56. The fourth-order valence-electron chi connectivity index (χ4n) is 7.72. The Morgan fingerprint density at radius 2 is 1.75 bits per heavy atom. The zero-order valence-corrected chi connectivity index (χ0v) is 29.9. The van der Waals surface area contributed by atoms with Crippen LogP contribution in [0.15, 0.2) is 30.5 Å². The van der Waals surface area contributed by atoms with E-state index in [2.05, 4.69) is 61.4 Å². The molecule has 2 N–H and O–H groups in total. The molecule has 1 aromatic heterocycles. The second kappa shape index (κ2) is 13.1. The standard InChI is InChI=1S/C34H45ClN8O4S/c1-21-14-28(32(46-4)17-29(21)42-11-8-23(9-12-42)43-19-24-6-7-25(20-43)40(24)2)38-34-36-18-26(35)33(39-34)37-27-16-31-22(10-13-47-31)15-30(27)41(3)48(5,44)45/h14-18,23-25H,6-13,19-20H2,1-5H3,(H2,36,37,38,39)/t24-,25+. The first kappa shape index (κ1) is 33.0. The van der Waals surface area contributed by atoms with Gasteiger partial charge in [-0.2, -0.15) is 4.98 Å². The lowest BCUT2D eigenvalue weighted by molar-refractivity contribution is 0.0495. The summed E-state index contributed by atoms with van der Waals surface area (Å²) >= 11 is 6.55. The summed E-state index contributed by atoms with van der Waals surface area (Å²) in [6.07, 6.45) is 8.38. The predicted octanol–water partition coefficient (Wildman–Crippen LogP) is 5.01. The first-order valence-electron chi connectivity index (χ1n) is 16.7. The predicted molar refractivity (Wildman–Crippen MR) is 192 cm³/mol. The molecule has 3 saturated heterocycles. The van der Waals surface area contributed by atoms with Gasteiger partial charge in [0.2, 0.25) is 16.0 Å². The smallest absolute Gasteiger partial charge is 0.232 e. The molecule has 3 aromatic rings. The number of nitrogens with zero attached hydrogens (tertiary/aromatic N) is 6. The molecule has 0 radical (unpaired) electrons. The van der Waals surface area contributed by atoms with Crippen LogP contribution in [0.4, 0.5) is 34.5 Å². The van der Waals surface area contributed by atoms with Crippen molar-refractivity contribution in [2.45, 2.75) is 57.2 Å². The summed E-state index contributed by atoms with van der Waals surface area (Å²) in [5, 5.41) is 6.82. The zero-order chi connectivity index (χ0) is 33.7. The first-order chi connectivity index (χ1) is 23.0. The van der Waals surface area contributed by atoms with Gasteiger partial charge in [0.05, 0.1) is 43.2 Å². The number of likely N-dealkylation sites (tertiary alicyclic amines) is 1. The molecule has 0 spiro atoms. The molecular formula is C34H45ClN8O4S. The van der Waals surface area contributed by atoms with Crippen molar-refractivity contribution < 1.29 is 17.9 Å². The topological polar surface area (TPSA) is 115 Å². The number of likely N-dealkylation sites (N-methyl/N-ethyl adjacent to an activating group) is 1. The third-order valence-corrected chi connectivity index (χ3v) is 12.1. The molecule has 7 rings (SSSR count). The summed E-state index contributed by atoms with van der Waals surface area (Å²) in [5.41, 5.74) is 4.95. The largest absolute Gasteiger partial charge is 0.494 e. The third kappa shape index (κ3) is 6.45. The number of aromatic nitrogens is 2. The number of anilines is 6. The highest BCUT2D eigenvalue weighted by Gasteiger charge is 2.40. The number of methoxy groups -OCH3 is 1. The maximum Gasteiger partial charge on any atom is 0.232 e. The molecule has 14 heteroatoms. The minimum absolute atomic E-state index is 0.279. The molecule has 0 saturated carbocycles. The Morgan fingerprint density at radius 1 is 1.02 bits per heavy atom. The number of piperazine rings is 1. The average molecular weight is 697 g/mol. The van der Waals surface area contributed by atoms with Crippen LogP contribution in [0, 0.1) is 6.92 Å². The highest BCUT2D eigenvalue weighted by atomic mass is 35.5. The van der Waals surface area contributed by atoms with Crippen molar-refractivity contribution in [2.75, 3.05) is 80.1 Å². The summed E-state index contributed by atoms with van der Waals surface area (Å²) in [6.45, 7) is 7.10. The number of halogens is 1. The second-order valence-electron chi connectivity index (χ2n) is 13.5. The number of benzene rings is 2. The second-order valence-corrected chi connectivity index (χ2v) is 15.9. The molecule has 2 bridgehead atoms. The van der Waals surface area contributed by atoms with Gasteiger partial charge in [-0.1, -0.05) is 11.6 Å². The van der Waals surface area contributed by atoms with Gasteiger partial charge in [0, 0.05) is 75.6 Å². The number of aryl methyl sites for hydroxylation is 1. The lowest BCUT2D eigenvalue weighted by Gasteiger charge is -2.46. The molecule has 258 valence electrons. The molecule has 0 amide bonds.